The smallest absolute Gasteiger partial charge is 0.243 e. The van der Waals surface area contributed by atoms with Gasteiger partial charge >= 0.3 is 0 Å². The van der Waals surface area contributed by atoms with E-state index in [9.17, 15) is 9.59 Å². The molecule has 1 saturated heterocycles. The molecular weight excluding hydrogens is 368 g/mol. The number of amides is 1. The Morgan fingerprint density at radius 1 is 1.37 bits per heavy atom. The average molecular weight is 392 g/mol. The molecule has 2 aromatic heterocycles. The minimum Gasteiger partial charge on any atom is -0.480 e. The highest BCUT2D eigenvalue weighted by Gasteiger charge is 2.17. The predicted octanol–water partition coefficient (Wildman–Crippen LogP) is 0.586. The van der Waals surface area contributed by atoms with Gasteiger partial charge in [-0.3, -0.25) is 8.77 Å². The summed E-state index contributed by atoms with van der Waals surface area (Å²) in [5, 5.41) is 3.21. The lowest BCUT2D eigenvalue weighted by Gasteiger charge is -2.31. The number of ether oxygens (including phenoxy) is 1. The zero-order valence-electron chi connectivity index (χ0n) is 15.5. The molecular formula is C17H24N6O3S. The fourth-order valence-electron chi connectivity index (χ4n) is 2.34. The summed E-state index contributed by atoms with van der Waals surface area (Å²) in [5.41, 5.74) is 0.899. The van der Waals surface area contributed by atoms with E-state index in [1.807, 2.05) is 12.3 Å². The molecule has 27 heavy (non-hydrogen) atoms. The van der Waals surface area contributed by atoms with Crippen molar-refractivity contribution in [2.24, 2.45) is 0 Å². The number of piperazine rings is 1. The number of aromatic nitrogens is 3. The molecule has 0 unspecified atom stereocenters. The number of carbonyl (C=O) groups is 2. The Bertz CT molecular complexity index is 773. The Kier molecular flexibility index (Phi) is 8.24. The Morgan fingerprint density at radius 2 is 2.11 bits per heavy atom. The summed E-state index contributed by atoms with van der Waals surface area (Å²) < 4.78 is 9.68. The first-order chi connectivity index (χ1) is 13.1. The second kappa shape index (κ2) is 10.7. The first-order valence-electron chi connectivity index (χ1n) is 8.41. The van der Waals surface area contributed by atoms with Crippen LogP contribution in [-0.2, 0) is 9.59 Å². The maximum absolute atomic E-state index is 10.2. The molecule has 10 heteroatoms. The average Bonchev–Trinajstić information content (AvgIpc) is 3.11. The summed E-state index contributed by atoms with van der Waals surface area (Å²) in [7, 11) is 3.79. The number of rotatable bonds is 6. The third kappa shape index (κ3) is 6.05. The number of hydrogen-bond acceptors (Lipinski definition) is 8. The maximum atomic E-state index is 10.2. The summed E-state index contributed by atoms with van der Waals surface area (Å²) in [5.74, 6) is 0.305. The monoisotopic (exact) mass is 392 g/mol. The third-order valence-corrected chi connectivity index (χ3v) is 4.88. The fraction of sp³-hybridized carbons (Fsp3) is 0.412. The quantitative estimate of drug-likeness (QED) is 0.434. The van der Waals surface area contributed by atoms with Crippen molar-refractivity contribution < 1.29 is 14.3 Å². The number of fused-ring (bicyclic) bond motifs is 1. The molecule has 1 fully saturated rings. The highest BCUT2D eigenvalue weighted by molar-refractivity contribution is 7.95. The Balaban J connectivity index is 0.000000279. The first kappa shape index (κ1) is 20.9. The van der Waals surface area contributed by atoms with Gasteiger partial charge in [0, 0.05) is 44.5 Å². The number of aldehydes is 1. The van der Waals surface area contributed by atoms with Crippen molar-refractivity contribution >= 4 is 35.4 Å². The molecule has 0 atom stereocenters. The van der Waals surface area contributed by atoms with Crippen molar-refractivity contribution in [1.82, 2.24) is 28.5 Å². The van der Waals surface area contributed by atoms with Crippen molar-refractivity contribution in [1.29, 1.82) is 0 Å². The lowest BCUT2D eigenvalue weighted by Crippen LogP contribution is -2.41. The summed E-state index contributed by atoms with van der Waals surface area (Å²) >= 11 is 1.70. The lowest BCUT2D eigenvalue weighted by molar-refractivity contribution is -0.118. The van der Waals surface area contributed by atoms with Gasteiger partial charge in [-0.1, -0.05) is 6.58 Å². The number of hydrogen-bond donors (Lipinski definition) is 1. The van der Waals surface area contributed by atoms with Gasteiger partial charge in [-0.2, -0.15) is 0 Å². The highest BCUT2D eigenvalue weighted by atomic mass is 32.2. The predicted molar refractivity (Wildman–Crippen MR) is 105 cm³/mol. The summed E-state index contributed by atoms with van der Waals surface area (Å²) in [6.45, 7) is 7.57. The van der Waals surface area contributed by atoms with Crippen LogP contribution in [0.4, 0.5) is 0 Å². The topological polar surface area (TPSA) is 92.6 Å². The van der Waals surface area contributed by atoms with Crippen LogP contribution in [0.15, 0.2) is 31.2 Å². The minimum absolute atomic E-state index is 0.0604. The Hall–Kier alpha value is -2.43. The van der Waals surface area contributed by atoms with Gasteiger partial charge in [0.1, 0.15) is 12.6 Å². The van der Waals surface area contributed by atoms with E-state index in [4.69, 9.17) is 4.74 Å². The lowest BCUT2D eigenvalue weighted by atomic mass is 10.4. The molecule has 146 valence electrons. The van der Waals surface area contributed by atoms with Crippen molar-refractivity contribution in [2.75, 3.05) is 46.9 Å². The van der Waals surface area contributed by atoms with E-state index in [1.165, 1.54) is 0 Å². The van der Waals surface area contributed by atoms with Crippen molar-refractivity contribution in [3.8, 4) is 5.88 Å². The summed E-state index contributed by atoms with van der Waals surface area (Å²) in [6, 6.07) is 2.00. The number of likely N-dealkylation sites (N-methyl/N-ethyl adjacent to an activating group) is 1. The molecule has 1 aliphatic heterocycles. The Morgan fingerprint density at radius 3 is 2.74 bits per heavy atom. The van der Waals surface area contributed by atoms with Crippen LogP contribution in [0, 0.1) is 0 Å². The first-order valence-corrected chi connectivity index (χ1v) is 9.14. The van der Waals surface area contributed by atoms with E-state index in [-0.39, 0.29) is 12.5 Å². The SMILES string of the molecule is C=CC(=O)NCC=O.COc1ncnc2c1ccn2SN1CCN(C)CC1. The van der Waals surface area contributed by atoms with E-state index in [0.717, 1.165) is 43.3 Å². The fourth-order valence-corrected chi connectivity index (χ4v) is 3.26. The summed E-state index contributed by atoms with van der Waals surface area (Å²) in [6.07, 6.45) is 5.29. The number of nitrogens with one attached hydrogen (secondary N) is 1. The molecule has 3 rings (SSSR count). The largest absolute Gasteiger partial charge is 0.480 e. The van der Waals surface area contributed by atoms with Gasteiger partial charge < -0.3 is 19.7 Å². The zero-order valence-corrected chi connectivity index (χ0v) is 16.3. The van der Waals surface area contributed by atoms with Gasteiger partial charge in [-0.15, -0.1) is 0 Å². The zero-order chi connectivity index (χ0) is 19.6. The normalized spacial score (nSPS) is 14.9. The van der Waals surface area contributed by atoms with E-state index in [2.05, 4.69) is 42.1 Å². The molecule has 9 nitrogen and oxygen atoms in total. The van der Waals surface area contributed by atoms with E-state index in [0.29, 0.717) is 12.2 Å². The molecule has 0 spiro atoms. The number of methoxy groups -OCH3 is 1. The van der Waals surface area contributed by atoms with E-state index < -0.39 is 0 Å². The van der Waals surface area contributed by atoms with Gasteiger partial charge in [-0.25, -0.2) is 14.3 Å². The van der Waals surface area contributed by atoms with Crippen LogP contribution in [0.25, 0.3) is 11.0 Å². The van der Waals surface area contributed by atoms with Crippen LogP contribution in [0.1, 0.15) is 0 Å². The third-order valence-electron chi connectivity index (χ3n) is 3.82. The van der Waals surface area contributed by atoms with Crippen LogP contribution in [0.3, 0.4) is 0 Å². The molecule has 0 aliphatic carbocycles. The van der Waals surface area contributed by atoms with Crippen LogP contribution in [-0.4, -0.2) is 82.2 Å². The van der Waals surface area contributed by atoms with Gasteiger partial charge in [0.2, 0.25) is 11.8 Å². The number of carbonyl (C=O) groups excluding carboxylic acids is 2. The van der Waals surface area contributed by atoms with Crippen molar-refractivity contribution in [3.63, 3.8) is 0 Å². The molecule has 1 N–H and O–H groups in total. The van der Waals surface area contributed by atoms with Crippen LogP contribution in [0.5, 0.6) is 5.88 Å². The van der Waals surface area contributed by atoms with Crippen LogP contribution in [0.2, 0.25) is 0 Å². The van der Waals surface area contributed by atoms with Crippen LogP contribution < -0.4 is 10.1 Å². The molecule has 1 aliphatic rings. The van der Waals surface area contributed by atoms with Gasteiger partial charge in [0.05, 0.1) is 19.0 Å². The minimum atomic E-state index is -0.322. The molecule has 3 heterocycles. The van der Waals surface area contributed by atoms with Gasteiger partial charge in [0.15, 0.2) is 5.65 Å². The number of nitrogens with zero attached hydrogens (tertiary/aromatic N) is 5. The molecule has 0 bridgehead atoms. The highest BCUT2D eigenvalue weighted by Crippen LogP contribution is 2.26. The van der Waals surface area contributed by atoms with Gasteiger partial charge in [0.25, 0.3) is 0 Å². The maximum Gasteiger partial charge on any atom is 0.243 e. The van der Waals surface area contributed by atoms with Crippen molar-refractivity contribution in [2.45, 2.75) is 0 Å². The molecule has 2 aromatic rings. The second-order valence-corrected chi connectivity index (χ2v) is 6.76. The standard InChI is InChI=1S/C12H17N5OS.C5H7NO2/c1-15-5-7-16(8-6-15)19-17-4-3-10-11(17)13-9-14-12(10)18-2;1-2-5(8)6-3-4-7/h3-4,9H,5-8H2,1-2H3;2,4H,1,3H2,(H,6,8). The Labute approximate surface area is 162 Å². The molecule has 1 amide bonds. The van der Waals surface area contributed by atoms with E-state index in [1.54, 1.807) is 25.6 Å². The molecule has 0 radical (unpaired) electrons. The molecule has 0 saturated carbocycles. The second-order valence-electron chi connectivity index (χ2n) is 5.69. The van der Waals surface area contributed by atoms with Gasteiger partial charge in [-0.05, 0) is 19.2 Å². The van der Waals surface area contributed by atoms with E-state index >= 15 is 0 Å². The molecule has 0 aromatic carbocycles. The summed E-state index contributed by atoms with van der Waals surface area (Å²) in [4.78, 5) is 30.6. The van der Waals surface area contributed by atoms with Crippen LogP contribution >= 0.6 is 12.1 Å². The van der Waals surface area contributed by atoms with Crippen molar-refractivity contribution in [3.05, 3.63) is 31.2 Å².